The highest BCUT2D eigenvalue weighted by Gasteiger charge is 2.29. The summed E-state index contributed by atoms with van der Waals surface area (Å²) in [5.41, 5.74) is -0.347. The first-order chi connectivity index (χ1) is 8.13. The lowest BCUT2D eigenvalue weighted by Crippen LogP contribution is -2.37. The van der Waals surface area contributed by atoms with Gasteiger partial charge in [0.2, 0.25) is 0 Å². The summed E-state index contributed by atoms with van der Waals surface area (Å²) in [5.74, 6) is -1.06. The fraction of sp³-hybridized carbons (Fsp3) is 0.500. The van der Waals surface area contributed by atoms with Crippen LogP contribution in [0.5, 0.6) is 0 Å². The molecule has 0 radical (unpaired) electrons. The lowest BCUT2D eigenvalue weighted by Gasteiger charge is -2.20. The van der Waals surface area contributed by atoms with Crippen molar-refractivity contribution in [3.05, 3.63) is 29.8 Å². The van der Waals surface area contributed by atoms with Gasteiger partial charge >= 0.3 is 5.97 Å². The van der Waals surface area contributed by atoms with E-state index in [0.29, 0.717) is 0 Å². The smallest absolute Gasteiger partial charge is 0.336 e. The van der Waals surface area contributed by atoms with Gasteiger partial charge in [-0.05, 0) is 30.0 Å². The Morgan fingerprint density at radius 1 is 1.17 bits per heavy atom. The number of benzene rings is 1. The normalized spacial score (nSPS) is 15.2. The SMILES string of the molecule is CC(O)(CSc1ccc(C(C)(C)C)cc1)C(=O)O. The summed E-state index contributed by atoms with van der Waals surface area (Å²) in [6.07, 6.45) is 0. The monoisotopic (exact) mass is 268 g/mol. The molecule has 4 heteroatoms. The van der Waals surface area contributed by atoms with E-state index in [-0.39, 0.29) is 11.2 Å². The fourth-order valence-electron chi connectivity index (χ4n) is 1.34. The summed E-state index contributed by atoms with van der Waals surface area (Å²) in [5, 5.41) is 18.4. The van der Waals surface area contributed by atoms with Crippen molar-refractivity contribution < 1.29 is 15.0 Å². The average Bonchev–Trinajstić information content (AvgIpc) is 2.25. The third-order valence-corrected chi connectivity index (χ3v) is 4.01. The van der Waals surface area contributed by atoms with Crippen LogP contribution in [0.2, 0.25) is 0 Å². The minimum absolute atomic E-state index is 0.107. The minimum atomic E-state index is -1.69. The number of hydrogen-bond acceptors (Lipinski definition) is 3. The van der Waals surface area contributed by atoms with Crippen molar-refractivity contribution in [2.75, 3.05) is 5.75 Å². The quantitative estimate of drug-likeness (QED) is 0.824. The zero-order valence-corrected chi connectivity index (χ0v) is 12.0. The van der Waals surface area contributed by atoms with E-state index in [4.69, 9.17) is 5.11 Å². The van der Waals surface area contributed by atoms with Gasteiger partial charge in [0.05, 0.1) is 0 Å². The highest BCUT2D eigenvalue weighted by molar-refractivity contribution is 7.99. The lowest BCUT2D eigenvalue weighted by molar-refractivity contribution is -0.154. The summed E-state index contributed by atoms with van der Waals surface area (Å²) in [7, 11) is 0. The van der Waals surface area contributed by atoms with Crippen molar-refractivity contribution in [3.63, 3.8) is 0 Å². The molecule has 0 fully saturated rings. The van der Waals surface area contributed by atoms with Crippen LogP contribution >= 0.6 is 11.8 Å². The number of aliphatic carboxylic acids is 1. The van der Waals surface area contributed by atoms with Crippen LogP contribution in [0.4, 0.5) is 0 Å². The Balaban J connectivity index is 2.68. The first-order valence-electron chi connectivity index (χ1n) is 5.82. The van der Waals surface area contributed by atoms with Crippen molar-refractivity contribution in [2.45, 2.75) is 43.6 Å². The maximum atomic E-state index is 10.8. The van der Waals surface area contributed by atoms with Gasteiger partial charge in [0.1, 0.15) is 0 Å². The van der Waals surface area contributed by atoms with Crippen LogP contribution in [0.3, 0.4) is 0 Å². The van der Waals surface area contributed by atoms with Gasteiger partial charge in [-0.15, -0.1) is 11.8 Å². The molecule has 3 nitrogen and oxygen atoms in total. The Labute approximate surface area is 112 Å². The zero-order chi connectivity index (χ0) is 14.0. The molecule has 0 aliphatic heterocycles. The average molecular weight is 268 g/mol. The molecule has 0 saturated carbocycles. The van der Waals surface area contributed by atoms with Crippen molar-refractivity contribution in [3.8, 4) is 0 Å². The van der Waals surface area contributed by atoms with Gasteiger partial charge in [-0.3, -0.25) is 0 Å². The van der Waals surface area contributed by atoms with Crippen molar-refractivity contribution in [1.29, 1.82) is 0 Å². The van der Waals surface area contributed by atoms with E-state index in [2.05, 4.69) is 20.8 Å². The summed E-state index contributed by atoms with van der Waals surface area (Å²) in [6, 6.07) is 8.00. The number of carbonyl (C=O) groups is 1. The van der Waals surface area contributed by atoms with Crippen LogP contribution in [-0.4, -0.2) is 27.5 Å². The second-order valence-corrected chi connectivity index (χ2v) is 6.69. The summed E-state index contributed by atoms with van der Waals surface area (Å²) >= 11 is 1.34. The molecule has 0 spiro atoms. The second-order valence-electron chi connectivity index (χ2n) is 5.64. The Morgan fingerprint density at radius 3 is 2.06 bits per heavy atom. The number of rotatable bonds is 4. The first kappa shape index (κ1) is 15.1. The molecule has 1 rings (SSSR count). The van der Waals surface area contributed by atoms with Gasteiger partial charge in [0.15, 0.2) is 5.60 Å². The van der Waals surface area contributed by atoms with Crippen LogP contribution < -0.4 is 0 Å². The highest BCUT2D eigenvalue weighted by atomic mass is 32.2. The molecule has 1 unspecified atom stereocenters. The van der Waals surface area contributed by atoms with E-state index in [1.807, 2.05) is 24.3 Å². The minimum Gasteiger partial charge on any atom is -0.479 e. The Morgan fingerprint density at radius 2 is 1.67 bits per heavy atom. The Hall–Kier alpha value is -1.00. The topological polar surface area (TPSA) is 57.5 Å². The second kappa shape index (κ2) is 5.33. The molecule has 0 saturated heterocycles. The third-order valence-electron chi connectivity index (χ3n) is 2.70. The Bertz CT molecular complexity index is 416. The van der Waals surface area contributed by atoms with E-state index in [1.165, 1.54) is 24.2 Å². The molecule has 100 valence electrons. The molecule has 1 aromatic rings. The van der Waals surface area contributed by atoms with Gasteiger partial charge < -0.3 is 10.2 Å². The molecule has 0 heterocycles. The number of carboxylic acids is 1. The molecule has 18 heavy (non-hydrogen) atoms. The van der Waals surface area contributed by atoms with E-state index >= 15 is 0 Å². The van der Waals surface area contributed by atoms with E-state index in [0.717, 1.165) is 4.90 Å². The molecular weight excluding hydrogens is 248 g/mol. The van der Waals surface area contributed by atoms with Gasteiger partial charge in [0.25, 0.3) is 0 Å². The van der Waals surface area contributed by atoms with Crippen LogP contribution in [0.1, 0.15) is 33.3 Å². The molecule has 0 aliphatic carbocycles. The molecular formula is C14H20O3S. The molecule has 0 amide bonds. The fourth-order valence-corrected chi connectivity index (χ4v) is 2.24. The zero-order valence-electron chi connectivity index (χ0n) is 11.2. The van der Waals surface area contributed by atoms with Gasteiger partial charge in [-0.1, -0.05) is 32.9 Å². The molecule has 0 aromatic heterocycles. The Kier molecular flexibility index (Phi) is 4.46. The predicted molar refractivity (Wildman–Crippen MR) is 74.1 cm³/mol. The molecule has 1 atom stereocenters. The molecule has 1 aromatic carbocycles. The summed E-state index contributed by atoms with van der Waals surface area (Å²) in [4.78, 5) is 11.7. The van der Waals surface area contributed by atoms with Gasteiger partial charge in [0, 0.05) is 10.6 Å². The number of hydrogen-bond donors (Lipinski definition) is 2. The maximum absolute atomic E-state index is 10.8. The van der Waals surface area contributed by atoms with E-state index in [1.54, 1.807) is 0 Å². The molecule has 0 bridgehead atoms. The van der Waals surface area contributed by atoms with Gasteiger partial charge in [-0.25, -0.2) is 4.79 Å². The van der Waals surface area contributed by atoms with Crippen molar-refractivity contribution in [1.82, 2.24) is 0 Å². The maximum Gasteiger partial charge on any atom is 0.336 e. The number of aliphatic hydroxyl groups is 1. The third kappa shape index (κ3) is 4.03. The van der Waals surface area contributed by atoms with Crippen LogP contribution in [0, 0.1) is 0 Å². The van der Waals surface area contributed by atoms with Crippen LogP contribution in [-0.2, 0) is 10.2 Å². The van der Waals surface area contributed by atoms with Gasteiger partial charge in [-0.2, -0.15) is 0 Å². The highest BCUT2D eigenvalue weighted by Crippen LogP contribution is 2.27. The summed E-state index contributed by atoms with van der Waals surface area (Å²) < 4.78 is 0. The standard InChI is InChI=1S/C14H20O3S/c1-13(2,3)10-5-7-11(8-6-10)18-9-14(4,17)12(15)16/h5-8,17H,9H2,1-4H3,(H,15,16). The van der Waals surface area contributed by atoms with Crippen LogP contribution in [0.15, 0.2) is 29.2 Å². The molecule has 0 aliphatic rings. The van der Waals surface area contributed by atoms with Crippen LogP contribution in [0.25, 0.3) is 0 Å². The predicted octanol–water partition coefficient (Wildman–Crippen LogP) is 2.91. The van der Waals surface area contributed by atoms with Crippen molar-refractivity contribution >= 4 is 17.7 Å². The number of thioether (sulfide) groups is 1. The van der Waals surface area contributed by atoms with Crippen molar-refractivity contribution in [2.24, 2.45) is 0 Å². The first-order valence-corrected chi connectivity index (χ1v) is 6.80. The largest absolute Gasteiger partial charge is 0.479 e. The number of carboxylic acid groups (broad SMARTS) is 1. The lowest BCUT2D eigenvalue weighted by atomic mass is 9.87. The van der Waals surface area contributed by atoms with E-state index in [9.17, 15) is 9.90 Å². The molecule has 2 N–H and O–H groups in total. The van der Waals surface area contributed by atoms with E-state index < -0.39 is 11.6 Å². The summed E-state index contributed by atoms with van der Waals surface area (Å²) in [6.45, 7) is 7.74.